The van der Waals surface area contributed by atoms with Crippen LogP contribution in [0.3, 0.4) is 0 Å². The fourth-order valence-corrected chi connectivity index (χ4v) is 1.62. The number of hydrogen-bond donors (Lipinski definition) is 1. The van der Waals surface area contributed by atoms with E-state index in [-0.39, 0.29) is 11.3 Å². The number of rotatable bonds is 3. The van der Waals surface area contributed by atoms with Gasteiger partial charge in [0.25, 0.3) is 5.91 Å². The van der Waals surface area contributed by atoms with Crippen molar-refractivity contribution in [1.82, 2.24) is 0 Å². The fourth-order valence-electron chi connectivity index (χ4n) is 1.62. The van der Waals surface area contributed by atoms with Crippen LogP contribution in [0.1, 0.15) is 10.4 Å². The van der Waals surface area contributed by atoms with Crippen LogP contribution in [0.15, 0.2) is 36.4 Å². The molecule has 0 heterocycles. The van der Waals surface area contributed by atoms with Crippen LogP contribution in [0.25, 0.3) is 0 Å². The van der Waals surface area contributed by atoms with E-state index in [0.717, 1.165) is 30.3 Å². The summed E-state index contributed by atoms with van der Waals surface area (Å²) in [4.78, 5) is 21.4. The van der Waals surface area contributed by atoms with Gasteiger partial charge in [-0.3, -0.25) is 14.9 Å². The largest absolute Gasteiger partial charge is 0.322 e. The summed E-state index contributed by atoms with van der Waals surface area (Å²) < 4.78 is 39.1. The van der Waals surface area contributed by atoms with Crippen LogP contribution in [-0.4, -0.2) is 10.8 Å². The minimum absolute atomic E-state index is 0.0715. The number of nitro groups is 1. The molecule has 0 spiro atoms. The first kappa shape index (κ1) is 14.5. The Morgan fingerprint density at radius 2 is 1.67 bits per heavy atom. The Morgan fingerprint density at radius 3 is 2.24 bits per heavy atom. The standard InChI is InChI=1S/C13H7F3N2O3/c14-8-3-7(4-9(15)5-8)13(19)17-10-1-2-11(16)12(6-10)18(20)21/h1-6H,(H,17,19). The Morgan fingerprint density at radius 1 is 1.05 bits per heavy atom. The second-order valence-electron chi connectivity index (χ2n) is 4.04. The minimum atomic E-state index is -1.06. The van der Waals surface area contributed by atoms with Gasteiger partial charge in [0.2, 0.25) is 5.82 Å². The number of halogens is 3. The molecule has 1 amide bonds. The molecule has 0 aliphatic rings. The average Bonchev–Trinajstić information content (AvgIpc) is 2.39. The third kappa shape index (κ3) is 3.35. The molecule has 0 radical (unpaired) electrons. The third-order valence-electron chi connectivity index (χ3n) is 2.53. The highest BCUT2D eigenvalue weighted by Crippen LogP contribution is 2.22. The number of hydrogen-bond acceptors (Lipinski definition) is 3. The second-order valence-corrected chi connectivity index (χ2v) is 4.04. The molecule has 1 N–H and O–H groups in total. The molecule has 0 unspecified atom stereocenters. The number of carbonyl (C=O) groups excluding carboxylic acids is 1. The first-order valence-corrected chi connectivity index (χ1v) is 5.58. The van der Waals surface area contributed by atoms with Crippen molar-refractivity contribution in [2.75, 3.05) is 5.32 Å². The molecule has 8 heteroatoms. The van der Waals surface area contributed by atoms with Gasteiger partial charge in [0.05, 0.1) is 4.92 Å². The van der Waals surface area contributed by atoms with Crippen LogP contribution in [0.4, 0.5) is 24.5 Å². The molecule has 2 aromatic carbocycles. The fraction of sp³-hybridized carbons (Fsp3) is 0. The van der Waals surface area contributed by atoms with Gasteiger partial charge in [0, 0.05) is 23.4 Å². The molecule has 5 nitrogen and oxygen atoms in total. The molecule has 0 atom stereocenters. The smallest absolute Gasteiger partial charge is 0.306 e. The zero-order valence-corrected chi connectivity index (χ0v) is 10.3. The van der Waals surface area contributed by atoms with Gasteiger partial charge in [0.1, 0.15) is 11.6 Å². The van der Waals surface area contributed by atoms with Crippen molar-refractivity contribution in [3.8, 4) is 0 Å². The van der Waals surface area contributed by atoms with Crippen LogP contribution in [0.2, 0.25) is 0 Å². The Kier molecular flexibility index (Phi) is 3.88. The van der Waals surface area contributed by atoms with Crippen molar-refractivity contribution in [3.63, 3.8) is 0 Å². The van der Waals surface area contributed by atoms with Gasteiger partial charge < -0.3 is 5.32 Å². The molecular weight excluding hydrogens is 289 g/mol. The quantitative estimate of drug-likeness (QED) is 0.698. The lowest BCUT2D eigenvalue weighted by molar-refractivity contribution is -0.387. The summed E-state index contributed by atoms with van der Waals surface area (Å²) in [6, 6.07) is 4.91. The molecule has 108 valence electrons. The van der Waals surface area contributed by atoms with Crippen LogP contribution >= 0.6 is 0 Å². The normalized spacial score (nSPS) is 10.2. The Hall–Kier alpha value is -2.90. The van der Waals surface area contributed by atoms with E-state index < -0.39 is 34.0 Å². The number of carbonyl (C=O) groups is 1. The topological polar surface area (TPSA) is 72.2 Å². The minimum Gasteiger partial charge on any atom is -0.322 e. The molecular formula is C13H7F3N2O3. The maximum atomic E-state index is 13.1. The number of amides is 1. The number of nitro benzene ring substituents is 1. The highest BCUT2D eigenvalue weighted by molar-refractivity contribution is 6.04. The first-order valence-electron chi connectivity index (χ1n) is 5.58. The Balaban J connectivity index is 2.27. The van der Waals surface area contributed by atoms with Crippen molar-refractivity contribution in [2.24, 2.45) is 0 Å². The summed E-state index contributed by atoms with van der Waals surface area (Å²) in [5.74, 6) is -3.82. The highest BCUT2D eigenvalue weighted by atomic mass is 19.1. The molecule has 0 aliphatic heterocycles. The van der Waals surface area contributed by atoms with E-state index in [1.807, 2.05) is 0 Å². The van der Waals surface area contributed by atoms with Gasteiger partial charge in [-0.2, -0.15) is 4.39 Å². The number of anilines is 1. The van der Waals surface area contributed by atoms with E-state index >= 15 is 0 Å². The molecule has 0 aliphatic carbocycles. The predicted molar refractivity (Wildman–Crippen MR) is 67.4 cm³/mol. The summed E-state index contributed by atoms with van der Waals surface area (Å²) in [7, 11) is 0. The summed E-state index contributed by atoms with van der Waals surface area (Å²) in [6.07, 6.45) is 0. The van der Waals surface area contributed by atoms with E-state index in [9.17, 15) is 28.1 Å². The zero-order valence-electron chi connectivity index (χ0n) is 10.3. The molecule has 0 fully saturated rings. The number of nitrogens with zero attached hydrogens (tertiary/aromatic N) is 1. The van der Waals surface area contributed by atoms with Crippen LogP contribution in [0, 0.1) is 27.6 Å². The average molecular weight is 296 g/mol. The van der Waals surface area contributed by atoms with Gasteiger partial charge in [-0.1, -0.05) is 0 Å². The van der Waals surface area contributed by atoms with Crippen molar-refractivity contribution in [2.45, 2.75) is 0 Å². The van der Waals surface area contributed by atoms with Crippen LogP contribution < -0.4 is 5.32 Å². The van der Waals surface area contributed by atoms with Crippen molar-refractivity contribution in [1.29, 1.82) is 0 Å². The SMILES string of the molecule is O=C(Nc1ccc(F)c([N+](=O)[O-])c1)c1cc(F)cc(F)c1. The molecule has 2 rings (SSSR count). The van der Waals surface area contributed by atoms with Crippen molar-refractivity contribution >= 4 is 17.3 Å². The molecule has 0 bridgehead atoms. The lowest BCUT2D eigenvalue weighted by Gasteiger charge is -2.06. The van der Waals surface area contributed by atoms with E-state index in [1.165, 1.54) is 0 Å². The van der Waals surface area contributed by atoms with E-state index in [0.29, 0.717) is 6.07 Å². The monoisotopic (exact) mass is 296 g/mol. The first-order chi connectivity index (χ1) is 9.86. The van der Waals surface area contributed by atoms with Crippen molar-refractivity contribution < 1.29 is 22.9 Å². The van der Waals surface area contributed by atoms with E-state index in [1.54, 1.807) is 0 Å². The summed E-state index contributed by atoms with van der Waals surface area (Å²) in [6.45, 7) is 0. The molecule has 21 heavy (non-hydrogen) atoms. The molecule has 0 saturated carbocycles. The lowest BCUT2D eigenvalue weighted by atomic mass is 10.2. The maximum Gasteiger partial charge on any atom is 0.306 e. The molecule has 0 saturated heterocycles. The molecule has 2 aromatic rings. The van der Waals surface area contributed by atoms with E-state index in [2.05, 4.69) is 5.32 Å². The second kappa shape index (κ2) is 5.61. The van der Waals surface area contributed by atoms with Gasteiger partial charge >= 0.3 is 5.69 Å². The van der Waals surface area contributed by atoms with Crippen LogP contribution in [0.5, 0.6) is 0 Å². The van der Waals surface area contributed by atoms with Gasteiger partial charge in [-0.15, -0.1) is 0 Å². The summed E-state index contributed by atoms with van der Waals surface area (Å²) in [5, 5.41) is 12.8. The number of nitrogens with one attached hydrogen (secondary N) is 1. The highest BCUT2D eigenvalue weighted by Gasteiger charge is 2.16. The number of benzene rings is 2. The lowest BCUT2D eigenvalue weighted by Crippen LogP contribution is -2.13. The van der Waals surface area contributed by atoms with Gasteiger partial charge in [-0.05, 0) is 24.3 Å². The Bertz CT molecular complexity index is 714. The van der Waals surface area contributed by atoms with Gasteiger partial charge in [0.15, 0.2) is 0 Å². The predicted octanol–water partition coefficient (Wildman–Crippen LogP) is 3.26. The zero-order chi connectivity index (χ0) is 15.6. The van der Waals surface area contributed by atoms with Gasteiger partial charge in [-0.25, -0.2) is 8.78 Å². The molecule has 0 aromatic heterocycles. The summed E-state index contributed by atoms with van der Waals surface area (Å²) in [5.41, 5.74) is -1.20. The third-order valence-corrected chi connectivity index (χ3v) is 2.53. The maximum absolute atomic E-state index is 13.1. The van der Waals surface area contributed by atoms with Crippen molar-refractivity contribution in [3.05, 3.63) is 69.5 Å². The van der Waals surface area contributed by atoms with E-state index in [4.69, 9.17) is 0 Å². The summed E-state index contributed by atoms with van der Waals surface area (Å²) >= 11 is 0. The Labute approximate surface area is 116 Å². The van der Waals surface area contributed by atoms with Crippen LogP contribution in [-0.2, 0) is 0 Å².